The number of anilines is 1. The van der Waals surface area contributed by atoms with E-state index >= 15 is 0 Å². The Morgan fingerprint density at radius 2 is 1.58 bits per heavy atom. The molecule has 1 aromatic heterocycles. The molecule has 0 aliphatic rings. The van der Waals surface area contributed by atoms with Crippen LogP contribution in [0.1, 0.15) is 15.9 Å². The van der Waals surface area contributed by atoms with Crippen LogP contribution in [0.3, 0.4) is 0 Å². The number of aromatic nitrogens is 1. The molecule has 1 amide bonds. The quantitative estimate of drug-likeness (QED) is 0.429. The monoisotopic (exact) mass is 412 g/mol. The lowest BCUT2D eigenvalue weighted by atomic mass is 10.1. The van der Waals surface area contributed by atoms with Gasteiger partial charge in [-0.15, -0.1) is 0 Å². The number of pyridine rings is 1. The molecule has 4 aromatic rings. The number of hydrogen-bond donors (Lipinski definition) is 1. The van der Waals surface area contributed by atoms with Gasteiger partial charge in [-0.1, -0.05) is 24.3 Å². The maximum Gasteiger partial charge on any atom is 0.256 e. The van der Waals surface area contributed by atoms with Crippen molar-refractivity contribution in [1.29, 1.82) is 0 Å². The van der Waals surface area contributed by atoms with Gasteiger partial charge in [-0.3, -0.25) is 4.79 Å². The van der Waals surface area contributed by atoms with E-state index in [0.717, 1.165) is 28.3 Å². The van der Waals surface area contributed by atoms with E-state index in [1.165, 1.54) is 12.1 Å². The van der Waals surface area contributed by atoms with Gasteiger partial charge in [-0.05, 0) is 73.2 Å². The number of carbonyl (C=O) groups excluding carboxylic acids is 1. The lowest BCUT2D eigenvalue weighted by Crippen LogP contribution is -2.13. The van der Waals surface area contributed by atoms with Gasteiger partial charge in [0.1, 0.15) is 11.6 Å². The van der Waals surface area contributed by atoms with Crippen LogP contribution in [0, 0.1) is 12.7 Å². The Hall–Kier alpha value is -3.99. The van der Waals surface area contributed by atoms with Crippen LogP contribution in [-0.2, 0) is 0 Å². The van der Waals surface area contributed by atoms with Gasteiger partial charge in [-0.25, -0.2) is 9.37 Å². The summed E-state index contributed by atoms with van der Waals surface area (Å²) in [5.41, 5.74) is 5.10. The maximum absolute atomic E-state index is 13.6. The highest BCUT2D eigenvalue weighted by Crippen LogP contribution is 2.26. The summed E-state index contributed by atoms with van der Waals surface area (Å²) in [6, 6.07) is 25.1. The smallest absolute Gasteiger partial charge is 0.256 e. The third-order valence-corrected chi connectivity index (χ3v) is 5.00. The van der Waals surface area contributed by atoms with Crippen molar-refractivity contribution in [3.63, 3.8) is 0 Å². The minimum absolute atomic E-state index is 0.310. The molecule has 1 heterocycles. The second-order valence-electron chi connectivity index (χ2n) is 7.13. The third-order valence-electron chi connectivity index (χ3n) is 5.00. The first-order valence-corrected chi connectivity index (χ1v) is 9.83. The summed E-state index contributed by atoms with van der Waals surface area (Å²) < 4.78 is 18.8. The van der Waals surface area contributed by atoms with Crippen LogP contribution >= 0.6 is 0 Å². The first-order chi connectivity index (χ1) is 15.0. The summed E-state index contributed by atoms with van der Waals surface area (Å²) in [5, 5.41) is 2.85. The molecule has 0 saturated carbocycles. The van der Waals surface area contributed by atoms with Gasteiger partial charge < -0.3 is 10.1 Å². The molecule has 4 nitrogen and oxygen atoms in total. The maximum atomic E-state index is 13.6. The highest BCUT2D eigenvalue weighted by molar-refractivity contribution is 6.05. The molecule has 3 aromatic carbocycles. The second-order valence-corrected chi connectivity index (χ2v) is 7.13. The van der Waals surface area contributed by atoms with Crippen molar-refractivity contribution in [3.8, 4) is 28.3 Å². The zero-order chi connectivity index (χ0) is 21.8. The first-order valence-electron chi connectivity index (χ1n) is 9.83. The molecule has 4 rings (SSSR count). The normalized spacial score (nSPS) is 10.5. The first kappa shape index (κ1) is 20.3. The molecule has 0 unspecified atom stereocenters. The minimum Gasteiger partial charge on any atom is -0.497 e. The molecule has 1 N–H and O–H groups in total. The van der Waals surface area contributed by atoms with Gasteiger partial charge in [0.25, 0.3) is 5.91 Å². The SMILES string of the molecule is COc1ccc(-c2cccc(-c3cccc(NC(=O)c4cc(F)ccc4C)c3)n2)cc1. The predicted molar refractivity (Wildman–Crippen MR) is 121 cm³/mol. The van der Waals surface area contributed by atoms with Crippen molar-refractivity contribution in [2.45, 2.75) is 6.92 Å². The average molecular weight is 412 g/mol. The van der Waals surface area contributed by atoms with Crippen molar-refractivity contribution >= 4 is 11.6 Å². The number of hydrogen-bond acceptors (Lipinski definition) is 3. The Labute approximate surface area is 180 Å². The fraction of sp³-hybridized carbons (Fsp3) is 0.0769. The van der Waals surface area contributed by atoms with E-state index in [4.69, 9.17) is 9.72 Å². The Bertz CT molecular complexity index is 1240. The standard InChI is InChI=1S/C26H21FN2O2/c1-17-9-12-20(27)16-23(17)26(30)28-21-6-3-5-19(15-21)25-8-4-7-24(29-25)18-10-13-22(31-2)14-11-18/h3-16H,1-2H3,(H,28,30). The molecule has 0 spiro atoms. The molecule has 0 radical (unpaired) electrons. The number of carbonyl (C=O) groups is 1. The van der Waals surface area contributed by atoms with Crippen molar-refractivity contribution in [3.05, 3.63) is 102 Å². The fourth-order valence-corrected chi connectivity index (χ4v) is 3.31. The summed E-state index contributed by atoms with van der Waals surface area (Å²) >= 11 is 0. The Morgan fingerprint density at radius 3 is 2.32 bits per heavy atom. The predicted octanol–water partition coefficient (Wildman–Crippen LogP) is 6.12. The number of benzene rings is 3. The summed E-state index contributed by atoms with van der Waals surface area (Å²) in [6.07, 6.45) is 0. The van der Waals surface area contributed by atoms with Gasteiger partial charge in [0.15, 0.2) is 0 Å². The molecule has 5 heteroatoms. The zero-order valence-electron chi connectivity index (χ0n) is 17.2. The van der Waals surface area contributed by atoms with E-state index in [9.17, 15) is 9.18 Å². The van der Waals surface area contributed by atoms with Gasteiger partial charge >= 0.3 is 0 Å². The molecule has 154 valence electrons. The van der Waals surface area contributed by atoms with Gasteiger partial charge in [0, 0.05) is 22.4 Å². The van der Waals surface area contributed by atoms with Crippen molar-refractivity contribution in [1.82, 2.24) is 4.98 Å². The molecule has 0 saturated heterocycles. The number of halogens is 1. The number of ether oxygens (including phenoxy) is 1. The average Bonchev–Trinajstić information content (AvgIpc) is 2.81. The molecule has 31 heavy (non-hydrogen) atoms. The molecular formula is C26H21FN2O2. The van der Waals surface area contributed by atoms with Crippen LogP contribution < -0.4 is 10.1 Å². The summed E-state index contributed by atoms with van der Waals surface area (Å²) in [6.45, 7) is 1.78. The van der Waals surface area contributed by atoms with E-state index < -0.39 is 5.82 Å². The van der Waals surface area contributed by atoms with E-state index in [1.807, 2.05) is 60.7 Å². The Balaban J connectivity index is 1.59. The fourth-order valence-electron chi connectivity index (χ4n) is 3.31. The summed E-state index contributed by atoms with van der Waals surface area (Å²) in [5.74, 6) is -0.00461. The van der Waals surface area contributed by atoms with Crippen LogP contribution in [-0.4, -0.2) is 18.0 Å². The van der Waals surface area contributed by atoms with Crippen LogP contribution in [0.25, 0.3) is 22.5 Å². The lowest BCUT2D eigenvalue weighted by Gasteiger charge is -2.10. The van der Waals surface area contributed by atoms with Crippen LogP contribution in [0.5, 0.6) is 5.75 Å². The van der Waals surface area contributed by atoms with Crippen LogP contribution in [0.2, 0.25) is 0 Å². The van der Waals surface area contributed by atoms with Crippen LogP contribution in [0.15, 0.2) is 84.9 Å². The number of nitrogens with zero attached hydrogens (tertiary/aromatic N) is 1. The van der Waals surface area contributed by atoms with Crippen molar-refractivity contribution in [2.75, 3.05) is 12.4 Å². The van der Waals surface area contributed by atoms with Crippen molar-refractivity contribution < 1.29 is 13.9 Å². The number of nitrogens with one attached hydrogen (secondary N) is 1. The number of rotatable bonds is 5. The van der Waals surface area contributed by atoms with E-state index in [-0.39, 0.29) is 5.91 Å². The number of methoxy groups -OCH3 is 1. The minimum atomic E-state index is -0.441. The molecule has 0 fully saturated rings. The van der Waals surface area contributed by atoms with Crippen LogP contribution in [0.4, 0.5) is 10.1 Å². The topological polar surface area (TPSA) is 51.2 Å². The van der Waals surface area contributed by atoms with E-state index in [2.05, 4.69) is 5.32 Å². The van der Waals surface area contributed by atoms with Crippen molar-refractivity contribution in [2.24, 2.45) is 0 Å². The second kappa shape index (κ2) is 8.79. The number of aryl methyl sites for hydroxylation is 1. The Kier molecular flexibility index (Phi) is 5.76. The highest BCUT2D eigenvalue weighted by atomic mass is 19.1. The summed E-state index contributed by atoms with van der Waals surface area (Å²) in [7, 11) is 1.63. The third kappa shape index (κ3) is 4.61. The number of amides is 1. The molecule has 0 aliphatic carbocycles. The molecule has 0 bridgehead atoms. The lowest BCUT2D eigenvalue weighted by molar-refractivity contribution is 0.102. The zero-order valence-corrected chi connectivity index (χ0v) is 17.2. The highest BCUT2D eigenvalue weighted by Gasteiger charge is 2.11. The molecule has 0 aliphatic heterocycles. The summed E-state index contributed by atoms with van der Waals surface area (Å²) in [4.78, 5) is 17.4. The molecular weight excluding hydrogens is 391 g/mol. The Morgan fingerprint density at radius 1 is 0.871 bits per heavy atom. The van der Waals surface area contributed by atoms with Gasteiger partial charge in [-0.2, -0.15) is 0 Å². The van der Waals surface area contributed by atoms with E-state index in [1.54, 1.807) is 26.2 Å². The molecule has 0 atom stereocenters. The van der Waals surface area contributed by atoms with Gasteiger partial charge in [0.05, 0.1) is 18.5 Å². The van der Waals surface area contributed by atoms with E-state index in [0.29, 0.717) is 16.8 Å². The largest absolute Gasteiger partial charge is 0.497 e. The van der Waals surface area contributed by atoms with Gasteiger partial charge in [0.2, 0.25) is 0 Å².